The molecule has 1 unspecified atom stereocenters. The summed E-state index contributed by atoms with van der Waals surface area (Å²) < 4.78 is 0. The molecule has 5 heteroatoms. The van der Waals surface area contributed by atoms with Gasteiger partial charge in [-0.2, -0.15) is 0 Å². The van der Waals surface area contributed by atoms with Crippen LogP contribution in [0.2, 0.25) is 0 Å². The molecule has 0 saturated heterocycles. The van der Waals surface area contributed by atoms with E-state index in [1.165, 1.54) is 6.92 Å². The number of carboxylic acid groups (broad SMARTS) is 1. The van der Waals surface area contributed by atoms with E-state index in [0.29, 0.717) is 0 Å². The van der Waals surface area contributed by atoms with Crippen molar-refractivity contribution in [1.29, 1.82) is 0 Å². The molecule has 0 aromatic rings. The molecule has 4 nitrogen and oxygen atoms in total. The van der Waals surface area contributed by atoms with E-state index in [9.17, 15) is 9.59 Å². The molecule has 0 aromatic carbocycles. The number of rotatable bonds is 3. The van der Waals surface area contributed by atoms with E-state index in [2.05, 4.69) is 17.9 Å². The van der Waals surface area contributed by atoms with Gasteiger partial charge in [-0.05, 0) is 6.92 Å². The van der Waals surface area contributed by atoms with Gasteiger partial charge in [-0.15, -0.1) is 12.6 Å². The highest BCUT2D eigenvalue weighted by Crippen LogP contribution is 2.10. The molecule has 0 spiro atoms. The highest BCUT2D eigenvalue weighted by Gasteiger charge is 2.30. The number of carbonyl (C=O) groups is 2. The van der Waals surface area contributed by atoms with Gasteiger partial charge in [-0.25, -0.2) is 4.79 Å². The van der Waals surface area contributed by atoms with E-state index in [-0.39, 0.29) is 11.8 Å². The van der Waals surface area contributed by atoms with Gasteiger partial charge in [0.05, 0.1) is 0 Å². The van der Waals surface area contributed by atoms with Gasteiger partial charge in [0, 0.05) is 5.92 Å². The highest BCUT2D eigenvalue weighted by molar-refractivity contribution is 7.82. The van der Waals surface area contributed by atoms with E-state index < -0.39 is 10.8 Å². The number of nitrogens with one attached hydrogen (secondary N) is 1. The van der Waals surface area contributed by atoms with Crippen molar-refractivity contribution in [3.8, 4) is 0 Å². The van der Waals surface area contributed by atoms with Crippen molar-refractivity contribution in [2.75, 3.05) is 0 Å². The lowest BCUT2D eigenvalue weighted by molar-refractivity contribution is -0.143. The van der Waals surface area contributed by atoms with Crippen LogP contribution in [-0.2, 0) is 9.59 Å². The maximum absolute atomic E-state index is 11.0. The zero-order valence-corrected chi connectivity index (χ0v) is 8.18. The zero-order chi connectivity index (χ0) is 9.94. The molecular formula is C7H13NO3S. The molecule has 0 aliphatic rings. The molecule has 0 heterocycles. The average molecular weight is 191 g/mol. The molecule has 0 bridgehead atoms. The molecule has 0 rings (SSSR count). The van der Waals surface area contributed by atoms with Gasteiger partial charge in [0.1, 0.15) is 0 Å². The van der Waals surface area contributed by atoms with Crippen LogP contribution in [0.1, 0.15) is 20.8 Å². The number of hydrogen-bond acceptors (Lipinski definition) is 3. The summed E-state index contributed by atoms with van der Waals surface area (Å²) in [5.41, 5.74) is 0. The first-order chi connectivity index (χ1) is 5.27. The summed E-state index contributed by atoms with van der Waals surface area (Å²) in [7, 11) is 0. The second-order valence-corrected chi connectivity index (χ2v) is 3.92. The van der Waals surface area contributed by atoms with Crippen LogP contribution in [-0.4, -0.2) is 21.9 Å². The largest absolute Gasteiger partial charge is 0.479 e. The Morgan fingerprint density at radius 2 is 1.92 bits per heavy atom. The van der Waals surface area contributed by atoms with Gasteiger partial charge in [0.15, 0.2) is 4.87 Å². The lowest BCUT2D eigenvalue weighted by Crippen LogP contribution is -2.49. The van der Waals surface area contributed by atoms with Crippen molar-refractivity contribution in [2.45, 2.75) is 25.6 Å². The highest BCUT2D eigenvalue weighted by atomic mass is 32.1. The third-order valence-electron chi connectivity index (χ3n) is 1.31. The minimum Gasteiger partial charge on any atom is -0.479 e. The van der Waals surface area contributed by atoms with Crippen molar-refractivity contribution in [3.05, 3.63) is 0 Å². The average Bonchev–Trinajstić information content (AvgIpc) is 1.85. The molecule has 1 amide bonds. The van der Waals surface area contributed by atoms with Gasteiger partial charge < -0.3 is 10.4 Å². The van der Waals surface area contributed by atoms with Gasteiger partial charge >= 0.3 is 5.97 Å². The molecule has 0 aromatic heterocycles. The second-order valence-electron chi connectivity index (χ2n) is 3.02. The van der Waals surface area contributed by atoms with Crippen LogP contribution in [0.4, 0.5) is 0 Å². The van der Waals surface area contributed by atoms with Crippen molar-refractivity contribution in [1.82, 2.24) is 5.32 Å². The first-order valence-electron chi connectivity index (χ1n) is 3.55. The number of hydrogen-bond donors (Lipinski definition) is 3. The molecule has 1 atom stereocenters. The minimum absolute atomic E-state index is 0.240. The molecule has 12 heavy (non-hydrogen) atoms. The standard InChI is InChI=1S/C7H13NO3S/c1-4(2)5(9)8-7(3,12)6(10)11/h4,12H,1-3H3,(H,8,9)(H,10,11). The lowest BCUT2D eigenvalue weighted by atomic mass is 10.2. The molecule has 0 saturated carbocycles. The van der Waals surface area contributed by atoms with Crippen molar-refractivity contribution in [3.63, 3.8) is 0 Å². The van der Waals surface area contributed by atoms with Crippen LogP contribution in [0.15, 0.2) is 0 Å². The van der Waals surface area contributed by atoms with E-state index in [1.807, 2.05) is 0 Å². The lowest BCUT2D eigenvalue weighted by Gasteiger charge is -2.21. The van der Waals surface area contributed by atoms with Crippen LogP contribution >= 0.6 is 12.6 Å². The van der Waals surface area contributed by atoms with Crippen LogP contribution in [0.25, 0.3) is 0 Å². The number of carbonyl (C=O) groups excluding carboxylic acids is 1. The molecule has 0 radical (unpaired) electrons. The topological polar surface area (TPSA) is 66.4 Å². The van der Waals surface area contributed by atoms with Crippen molar-refractivity contribution < 1.29 is 14.7 Å². The Morgan fingerprint density at radius 3 is 2.17 bits per heavy atom. The van der Waals surface area contributed by atoms with E-state index in [1.54, 1.807) is 13.8 Å². The first-order valence-corrected chi connectivity index (χ1v) is 4.00. The van der Waals surface area contributed by atoms with Crippen molar-refractivity contribution in [2.24, 2.45) is 5.92 Å². The van der Waals surface area contributed by atoms with E-state index in [4.69, 9.17) is 5.11 Å². The maximum Gasteiger partial charge on any atom is 0.339 e. The number of thiol groups is 1. The van der Waals surface area contributed by atoms with E-state index >= 15 is 0 Å². The normalized spacial score (nSPS) is 15.4. The molecule has 2 N–H and O–H groups in total. The van der Waals surface area contributed by atoms with Gasteiger partial charge in [0.2, 0.25) is 5.91 Å². The summed E-state index contributed by atoms with van der Waals surface area (Å²) in [5.74, 6) is -1.73. The minimum atomic E-state index is -1.48. The second kappa shape index (κ2) is 3.80. The van der Waals surface area contributed by atoms with Gasteiger partial charge in [-0.3, -0.25) is 4.79 Å². The summed E-state index contributed by atoms with van der Waals surface area (Å²) >= 11 is 3.78. The number of aliphatic carboxylic acids is 1. The number of carboxylic acids is 1. The summed E-state index contributed by atoms with van der Waals surface area (Å²) in [6, 6.07) is 0. The third-order valence-corrected chi connectivity index (χ3v) is 1.61. The Morgan fingerprint density at radius 1 is 1.50 bits per heavy atom. The Balaban J connectivity index is 4.25. The van der Waals surface area contributed by atoms with Crippen LogP contribution in [0.5, 0.6) is 0 Å². The van der Waals surface area contributed by atoms with E-state index in [0.717, 1.165) is 0 Å². The van der Waals surface area contributed by atoms with Crippen LogP contribution in [0, 0.1) is 5.92 Å². The molecule has 0 aliphatic carbocycles. The first kappa shape index (κ1) is 11.3. The molecular weight excluding hydrogens is 178 g/mol. The Labute approximate surface area is 76.8 Å². The quantitative estimate of drug-likeness (QED) is 0.449. The van der Waals surface area contributed by atoms with Crippen molar-refractivity contribution >= 4 is 24.5 Å². The molecule has 0 aliphatic heterocycles. The SMILES string of the molecule is CC(C)C(=O)NC(C)(S)C(=O)O. The predicted octanol–water partition coefficient (Wildman–Crippen LogP) is 0.489. The summed E-state index contributed by atoms with van der Waals surface area (Å²) in [4.78, 5) is 20.0. The number of amides is 1. The molecule has 0 fully saturated rings. The fraction of sp³-hybridized carbons (Fsp3) is 0.714. The molecule has 70 valence electrons. The Hall–Kier alpha value is -0.710. The summed E-state index contributed by atoms with van der Waals surface area (Å²) in [6.45, 7) is 4.68. The van der Waals surface area contributed by atoms with Crippen LogP contribution in [0.3, 0.4) is 0 Å². The fourth-order valence-corrected chi connectivity index (χ4v) is 0.548. The summed E-state index contributed by atoms with van der Waals surface area (Å²) in [5, 5.41) is 10.9. The van der Waals surface area contributed by atoms with Gasteiger partial charge in [-0.1, -0.05) is 13.8 Å². The van der Waals surface area contributed by atoms with Crippen LogP contribution < -0.4 is 5.32 Å². The predicted molar refractivity (Wildman–Crippen MR) is 48.0 cm³/mol. The Kier molecular flexibility index (Phi) is 3.57. The smallest absolute Gasteiger partial charge is 0.339 e. The maximum atomic E-state index is 11.0. The summed E-state index contributed by atoms with van der Waals surface area (Å²) in [6.07, 6.45) is 0. The Bertz CT molecular complexity index is 201. The van der Waals surface area contributed by atoms with Gasteiger partial charge in [0.25, 0.3) is 0 Å². The monoisotopic (exact) mass is 191 g/mol. The third kappa shape index (κ3) is 3.13. The zero-order valence-electron chi connectivity index (χ0n) is 7.29. The fourth-order valence-electron chi connectivity index (χ4n) is 0.438.